The van der Waals surface area contributed by atoms with Gasteiger partial charge >= 0.3 is 0 Å². The molecule has 1 heterocycles. The summed E-state index contributed by atoms with van der Waals surface area (Å²) in [7, 11) is 0. The molecule has 0 bridgehead atoms. The molecule has 0 radical (unpaired) electrons. The summed E-state index contributed by atoms with van der Waals surface area (Å²) < 4.78 is 1.95. The highest BCUT2D eigenvalue weighted by atomic mass is 32.2. The van der Waals surface area contributed by atoms with Crippen molar-refractivity contribution in [1.29, 1.82) is 0 Å². The minimum atomic E-state index is 0.0837. The smallest absolute Gasteiger partial charge is 0.138 e. The number of hydrogen-bond donors (Lipinski definition) is 1. The minimum absolute atomic E-state index is 0.0837. The summed E-state index contributed by atoms with van der Waals surface area (Å²) in [6.07, 6.45) is 2.66. The Bertz CT molecular complexity index is 498. The van der Waals surface area contributed by atoms with Crippen LogP contribution in [0.3, 0.4) is 0 Å². The number of thioether (sulfide) groups is 1. The third-order valence-electron chi connectivity index (χ3n) is 2.58. The van der Waals surface area contributed by atoms with E-state index in [1.54, 1.807) is 18.1 Å². The fourth-order valence-electron chi connectivity index (χ4n) is 1.68. The van der Waals surface area contributed by atoms with E-state index in [-0.39, 0.29) is 6.61 Å². The second kappa shape index (κ2) is 6.56. The number of aliphatic hydroxyl groups is 1. The zero-order valence-corrected chi connectivity index (χ0v) is 11.2. The maximum absolute atomic E-state index is 9.09. The third-order valence-corrected chi connectivity index (χ3v) is 3.57. The lowest BCUT2D eigenvalue weighted by atomic mass is 10.2. The maximum atomic E-state index is 9.09. The lowest BCUT2D eigenvalue weighted by Gasteiger charge is -2.05. The zero-order chi connectivity index (χ0) is 12.8. The Balaban J connectivity index is 1.99. The van der Waals surface area contributed by atoms with Crippen LogP contribution in [0.4, 0.5) is 0 Å². The number of benzene rings is 1. The molecule has 0 aliphatic rings. The Morgan fingerprint density at radius 3 is 3.06 bits per heavy atom. The quantitative estimate of drug-likeness (QED) is 0.813. The first-order valence-corrected chi connectivity index (χ1v) is 7.01. The Kier molecular flexibility index (Phi) is 4.78. The van der Waals surface area contributed by atoms with E-state index in [1.807, 2.05) is 28.9 Å². The van der Waals surface area contributed by atoms with Gasteiger partial charge in [-0.25, -0.2) is 9.67 Å². The van der Waals surface area contributed by atoms with Crippen molar-refractivity contribution in [3.63, 3.8) is 0 Å². The molecule has 1 aromatic heterocycles. The lowest BCUT2D eigenvalue weighted by molar-refractivity contribution is 0.281. The topological polar surface area (TPSA) is 50.9 Å². The number of aliphatic hydroxyl groups excluding tert-OH is 1. The van der Waals surface area contributed by atoms with E-state index in [0.717, 1.165) is 35.0 Å². The van der Waals surface area contributed by atoms with Crippen molar-refractivity contribution >= 4 is 11.8 Å². The van der Waals surface area contributed by atoms with E-state index < -0.39 is 0 Å². The lowest BCUT2D eigenvalue weighted by Crippen LogP contribution is -2.04. The summed E-state index contributed by atoms with van der Waals surface area (Å²) in [6.45, 7) is 3.12. The fourth-order valence-corrected chi connectivity index (χ4v) is 2.61. The molecule has 0 saturated heterocycles. The summed E-state index contributed by atoms with van der Waals surface area (Å²) in [5, 5.41) is 13.3. The monoisotopic (exact) mass is 263 g/mol. The first-order valence-electron chi connectivity index (χ1n) is 6.02. The molecule has 1 N–H and O–H groups in total. The van der Waals surface area contributed by atoms with Gasteiger partial charge in [0, 0.05) is 11.4 Å². The fraction of sp³-hybridized carbons (Fsp3) is 0.385. The largest absolute Gasteiger partial charge is 0.392 e. The van der Waals surface area contributed by atoms with Gasteiger partial charge in [0.2, 0.25) is 0 Å². The number of aromatic nitrogens is 3. The molecule has 0 amide bonds. The Morgan fingerprint density at radius 1 is 1.39 bits per heavy atom. The molecule has 4 nitrogen and oxygen atoms in total. The summed E-state index contributed by atoms with van der Waals surface area (Å²) in [5.74, 6) is 1.80. The number of rotatable bonds is 6. The molecule has 0 aliphatic heterocycles. The highest BCUT2D eigenvalue weighted by molar-refractivity contribution is 7.98. The van der Waals surface area contributed by atoms with Gasteiger partial charge in [-0.1, -0.05) is 19.1 Å². The van der Waals surface area contributed by atoms with Crippen molar-refractivity contribution in [3.05, 3.63) is 42.0 Å². The second-order valence-electron chi connectivity index (χ2n) is 3.99. The molecule has 1 aromatic carbocycles. The number of hydrogen-bond acceptors (Lipinski definition) is 4. The van der Waals surface area contributed by atoms with Gasteiger partial charge < -0.3 is 5.11 Å². The van der Waals surface area contributed by atoms with Crippen LogP contribution in [-0.4, -0.2) is 19.9 Å². The van der Waals surface area contributed by atoms with Gasteiger partial charge in [0.25, 0.3) is 0 Å². The van der Waals surface area contributed by atoms with Crippen molar-refractivity contribution in [1.82, 2.24) is 14.8 Å². The SMILES string of the molecule is CCCn1ncnc1CSc1cccc(CO)c1. The van der Waals surface area contributed by atoms with Crippen LogP contribution in [0, 0.1) is 0 Å². The highest BCUT2D eigenvalue weighted by Crippen LogP contribution is 2.22. The van der Waals surface area contributed by atoms with Crippen LogP contribution in [0.5, 0.6) is 0 Å². The molecule has 96 valence electrons. The minimum Gasteiger partial charge on any atom is -0.392 e. The van der Waals surface area contributed by atoms with Gasteiger partial charge in [-0.05, 0) is 24.1 Å². The normalized spacial score (nSPS) is 10.8. The van der Waals surface area contributed by atoms with E-state index in [1.165, 1.54) is 0 Å². The molecule has 2 rings (SSSR count). The average Bonchev–Trinajstić information content (AvgIpc) is 2.85. The van der Waals surface area contributed by atoms with Gasteiger partial charge in [0.1, 0.15) is 12.2 Å². The summed E-state index contributed by atoms with van der Waals surface area (Å²) in [6, 6.07) is 7.93. The number of nitrogens with zero attached hydrogens (tertiary/aromatic N) is 3. The highest BCUT2D eigenvalue weighted by Gasteiger charge is 2.04. The molecule has 0 fully saturated rings. The number of aryl methyl sites for hydroxylation is 1. The molecule has 0 aliphatic carbocycles. The maximum Gasteiger partial charge on any atom is 0.138 e. The van der Waals surface area contributed by atoms with Crippen LogP contribution >= 0.6 is 11.8 Å². The van der Waals surface area contributed by atoms with Gasteiger partial charge in [0.15, 0.2) is 0 Å². The van der Waals surface area contributed by atoms with E-state index in [4.69, 9.17) is 5.11 Å². The molecule has 0 saturated carbocycles. The van der Waals surface area contributed by atoms with Crippen molar-refractivity contribution in [3.8, 4) is 0 Å². The molecule has 0 spiro atoms. The molecule has 18 heavy (non-hydrogen) atoms. The summed E-state index contributed by atoms with van der Waals surface area (Å²) in [4.78, 5) is 5.42. The first kappa shape index (κ1) is 13.1. The van der Waals surface area contributed by atoms with Gasteiger partial charge in [-0.2, -0.15) is 5.10 Å². The van der Waals surface area contributed by atoms with Crippen molar-refractivity contribution in [2.75, 3.05) is 0 Å². The van der Waals surface area contributed by atoms with Gasteiger partial charge in [0.05, 0.1) is 12.4 Å². The second-order valence-corrected chi connectivity index (χ2v) is 5.04. The third kappa shape index (κ3) is 3.34. The molecule has 5 heteroatoms. The van der Waals surface area contributed by atoms with E-state index in [0.29, 0.717) is 0 Å². The summed E-state index contributed by atoms with van der Waals surface area (Å²) >= 11 is 1.71. The standard InChI is InChI=1S/C13H17N3OS/c1-2-6-16-13(14-10-15-16)9-18-12-5-3-4-11(7-12)8-17/h3-5,7,10,17H,2,6,8-9H2,1H3. The molecular formula is C13H17N3OS. The van der Waals surface area contributed by atoms with Crippen molar-refractivity contribution in [2.45, 2.75) is 37.1 Å². The molecule has 2 aromatic rings. The molecule has 0 unspecified atom stereocenters. The average molecular weight is 263 g/mol. The van der Waals surface area contributed by atoms with Crippen LogP contribution in [0.25, 0.3) is 0 Å². The predicted molar refractivity (Wildman–Crippen MR) is 72.2 cm³/mol. The Hall–Kier alpha value is -1.33. The van der Waals surface area contributed by atoms with E-state index in [9.17, 15) is 0 Å². The predicted octanol–water partition coefficient (Wildman–Crippen LogP) is 2.47. The Labute approximate surface area is 111 Å². The van der Waals surface area contributed by atoms with E-state index >= 15 is 0 Å². The summed E-state index contributed by atoms with van der Waals surface area (Å²) in [5.41, 5.74) is 0.940. The first-order chi connectivity index (χ1) is 8.83. The zero-order valence-electron chi connectivity index (χ0n) is 10.4. The van der Waals surface area contributed by atoms with Gasteiger partial charge in [-0.15, -0.1) is 11.8 Å². The molecular weight excluding hydrogens is 246 g/mol. The Morgan fingerprint density at radius 2 is 2.28 bits per heavy atom. The van der Waals surface area contributed by atoms with E-state index in [2.05, 4.69) is 17.0 Å². The van der Waals surface area contributed by atoms with Crippen LogP contribution in [0.2, 0.25) is 0 Å². The van der Waals surface area contributed by atoms with Crippen LogP contribution in [-0.2, 0) is 18.9 Å². The molecule has 0 atom stereocenters. The van der Waals surface area contributed by atoms with Crippen molar-refractivity contribution in [2.24, 2.45) is 0 Å². The van der Waals surface area contributed by atoms with Crippen LogP contribution in [0.15, 0.2) is 35.5 Å². The van der Waals surface area contributed by atoms with Crippen molar-refractivity contribution < 1.29 is 5.11 Å². The van der Waals surface area contributed by atoms with Crippen LogP contribution < -0.4 is 0 Å². The van der Waals surface area contributed by atoms with Crippen LogP contribution in [0.1, 0.15) is 24.7 Å². The van der Waals surface area contributed by atoms with Gasteiger partial charge in [-0.3, -0.25) is 0 Å².